The number of hydrogen-bond acceptors (Lipinski definition) is 6. The molecule has 3 unspecified atom stereocenters. The molecule has 3 fully saturated rings. The van der Waals surface area contributed by atoms with Crippen LogP contribution in [0.25, 0.3) is 0 Å². The molecule has 2 aromatic carbocycles. The van der Waals surface area contributed by atoms with E-state index in [9.17, 15) is 14.4 Å². The summed E-state index contributed by atoms with van der Waals surface area (Å²) >= 11 is 0. The lowest BCUT2D eigenvalue weighted by Crippen LogP contribution is -2.56. The summed E-state index contributed by atoms with van der Waals surface area (Å²) in [7, 11) is 0. The van der Waals surface area contributed by atoms with E-state index in [1.54, 1.807) is 4.90 Å². The first-order valence-electron chi connectivity index (χ1n) is 14.6. The lowest BCUT2D eigenvalue weighted by molar-refractivity contribution is -0.142. The van der Waals surface area contributed by atoms with Gasteiger partial charge in [0.1, 0.15) is 11.6 Å². The number of carbonyl (C=O) groups excluding carboxylic acids is 3. The average molecular weight is 558 g/mol. The summed E-state index contributed by atoms with van der Waals surface area (Å²) in [6, 6.07) is 10.6. The van der Waals surface area contributed by atoms with Gasteiger partial charge in [0.15, 0.2) is 11.5 Å². The van der Waals surface area contributed by atoms with E-state index in [1.165, 1.54) is 6.42 Å². The molecular weight excluding hydrogens is 522 g/mol. The van der Waals surface area contributed by atoms with E-state index in [2.05, 4.69) is 10.6 Å². The van der Waals surface area contributed by atoms with E-state index < -0.39 is 29.6 Å². The van der Waals surface area contributed by atoms with Gasteiger partial charge in [-0.15, -0.1) is 0 Å². The summed E-state index contributed by atoms with van der Waals surface area (Å²) in [5.41, 5.74) is 2.35. The van der Waals surface area contributed by atoms with Gasteiger partial charge in [0.25, 0.3) is 0 Å². The molecule has 9 nitrogen and oxygen atoms in total. The molecule has 0 aromatic heterocycles. The van der Waals surface area contributed by atoms with E-state index in [4.69, 9.17) is 14.2 Å². The summed E-state index contributed by atoms with van der Waals surface area (Å²) in [6.45, 7) is 4.29. The van der Waals surface area contributed by atoms with Crippen molar-refractivity contribution >= 4 is 23.4 Å². The standard InChI is InChI=1S/C32H35N3O6/c1-18-12-19(2)14-22(13-18)34-29(36)26-24-10-11-32(41-24)27(26)31(38)35(16-20-8-9-23-25(15-20)40-17-39-23)28(32)30(37)33-21-6-4-3-5-7-21/h8-15,21,24,26-28H,3-7,16-17H2,1-2H3,(H,33,37)(H,34,36)/t24-,26?,27-,28?,32?/m1/s1. The Morgan fingerprint density at radius 2 is 1.73 bits per heavy atom. The lowest BCUT2D eigenvalue weighted by atomic mass is 9.74. The molecule has 7 rings (SSSR count). The number of carbonyl (C=O) groups is 3. The van der Waals surface area contributed by atoms with Crippen LogP contribution in [0.4, 0.5) is 5.69 Å². The van der Waals surface area contributed by atoms with Crippen molar-refractivity contribution in [1.82, 2.24) is 10.2 Å². The van der Waals surface area contributed by atoms with Crippen molar-refractivity contribution in [3.05, 3.63) is 65.2 Å². The molecule has 41 heavy (non-hydrogen) atoms. The van der Waals surface area contributed by atoms with E-state index in [1.807, 2.05) is 62.4 Å². The van der Waals surface area contributed by atoms with Gasteiger partial charge >= 0.3 is 0 Å². The quantitative estimate of drug-likeness (QED) is 0.524. The normalized spacial score (nSPS) is 29.6. The van der Waals surface area contributed by atoms with Crippen LogP contribution in [0.2, 0.25) is 0 Å². The van der Waals surface area contributed by atoms with Crippen molar-refractivity contribution in [2.75, 3.05) is 12.1 Å². The Labute approximate surface area is 239 Å². The molecule has 2 saturated heterocycles. The van der Waals surface area contributed by atoms with Gasteiger partial charge in [-0.25, -0.2) is 0 Å². The number of amides is 3. The van der Waals surface area contributed by atoms with Gasteiger partial charge in [0, 0.05) is 18.3 Å². The highest BCUT2D eigenvalue weighted by Gasteiger charge is 2.72. The van der Waals surface area contributed by atoms with Gasteiger partial charge in [-0.05, 0) is 67.6 Å². The van der Waals surface area contributed by atoms with Crippen molar-refractivity contribution in [2.24, 2.45) is 11.8 Å². The number of hydrogen-bond donors (Lipinski definition) is 2. The van der Waals surface area contributed by atoms with Crippen LogP contribution in [-0.2, 0) is 25.7 Å². The Kier molecular flexibility index (Phi) is 6.30. The summed E-state index contributed by atoms with van der Waals surface area (Å²) < 4.78 is 17.5. The molecule has 5 atom stereocenters. The average Bonchev–Trinajstić information content (AvgIpc) is 3.69. The number of fused-ring (bicyclic) bond motifs is 2. The van der Waals surface area contributed by atoms with Crippen molar-refractivity contribution in [3.63, 3.8) is 0 Å². The summed E-state index contributed by atoms with van der Waals surface area (Å²) in [4.78, 5) is 43.7. The zero-order valence-electron chi connectivity index (χ0n) is 23.4. The third-order valence-electron chi connectivity index (χ3n) is 9.16. The second-order valence-corrected chi connectivity index (χ2v) is 12.1. The number of anilines is 1. The molecule has 3 amide bonds. The first kappa shape index (κ1) is 26.1. The van der Waals surface area contributed by atoms with Gasteiger partial charge in [-0.3, -0.25) is 14.4 Å². The van der Waals surface area contributed by atoms with Crippen molar-refractivity contribution in [2.45, 2.75) is 76.3 Å². The van der Waals surface area contributed by atoms with Crippen LogP contribution in [-0.4, -0.2) is 53.2 Å². The van der Waals surface area contributed by atoms with Crippen molar-refractivity contribution in [3.8, 4) is 11.5 Å². The minimum absolute atomic E-state index is 0.0698. The van der Waals surface area contributed by atoms with E-state index >= 15 is 0 Å². The minimum Gasteiger partial charge on any atom is -0.454 e. The fourth-order valence-corrected chi connectivity index (χ4v) is 7.47. The van der Waals surface area contributed by atoms with Crippen LogP contribution in [0.5, 0.6) is 11.5 Å². The van der Waals surface area contributed by atoms with Crippen LogP contribution in [0.15, 0.2) is 48.6 Å². The number of rotatable bonds is 6. The molecule has 9 heteroatoms. The number of ether oxygens (including phenoxy) is 3. The third kappa shape index (κ3) is 4.38. The molecule has 2 aromatic rings. The summed E-state index contributed by atoms with van der Waals surface area (Å²) in [5.74, 6) is -1.05. The maximum Gasteiger partial charge on any atom is 0.246 e. The Morgan fingerprint density at radius 1 is 0.976 bits per heavy atom. The number of benzene rings is 2. The second kappa shape index (κ2) is 9.91. The second-order valence-electron chi connectivity index (χ2n) is 12.1. The predicted molar refractivity (Wildman–Crippen MR) is 150 cm³/mol. The molecule has 214 valence electrons. The van der Waals surface area contributed by atoms with Gasteiger partial charge in [0.2, 0.25) is 24.5 Å². The highest BCUT2D eigenvalue weighted by molar-refractivity contribution is 6.02. The van der Waals surface area contributed by atoms with Crippen LogP contribution in [0.3, 0.4) is 0 Å². The van der Waals surface area contributed by atoms with Crippen LogP contribution in [0, 0.1) is 25.7 Å². The van der Waals surface area contributed by atoms with Gasteiger partial charge < -0.3 is 29.7 Å². The minimum atomic E-state index is -1.21. The highest BCUT2D eigenvalue weighted by atomic mass is 16.7. The third-order valence-corrected chi connectivity index (χ3v) is 9.16. The number of likely N-dealkylation sites (tertiary alicyclic amines) is 1. The molecule has 1 aliphatic carbocycles. The highest BCUT2D eigenvalue weighted by Crippen LogP contribution is 2.55. The molecule has 0 radical (unpaired) electrons. The van der Waals surface area contributed by atoms with E-state index in [-0.39, 0.29) is 37.1 Å². The molecular formula is C32H35N3O6. The van der Waals surface area contributed by atoms with Gasteiger partial charge in [0.05, 0.1) is 17.9 Å². The topological polar surface area (TPSA) is 106 Å². The summed E-state index contributed by atoms with van der Waals surface area (Å²) in [5, 5.41) is 6.26. The Balaban J connectivity index is 1.21. The van der Waals surface area contributed by atoms with Gasteiger partial charge in [-0.2, -0.15) is 0 Å². The fourth-order valence-electron chi connectivity index (χ4n) is 7.47. The Morgan fingerprint density at radius 3 is 2.51 bits per heavy atom. The molecule has 1 saturated carbocycles. The maximum absolute atomic E-state index is 14.3. The lowest BCUT2D eigenvalue weighted by Gasteiger charge is -2.34. The molecule has 4 heterocycles. The van der Waals surface area contributed by atoms with Crippen molar-refractivity contribution < 1.29 is 28.6 Å². The van der Waals surface area contributed by atoms with E-state index in [0.717, 1.165) is 42.4 Å². The maximum atomic E-state index is 14.3. The fraction of sp³-hybridized carbons (Fsp3) is 0.469. The van der Waals surface area contributed by atoms with Crippen LogP contribution >= 0.6 is 0 Å². The number of aryl methyl sites for hydroxylation is 2. The largest absolute Gasteiger partial charge is 0.454 e. The Hall–Kier alpha value is -3.85. The van der Waals surface area contributed by atoms with Crippen LogP contribution in [0.1, 0.15) is 48.8 Å². The predicted octanol–water partition coefficient (Wildman–Crippen LogP) is 3.77. The Bertz CT molecular complexity index is 1430. The zero-order chi connectivity index (χ0) is 28.3. The molecule has 2 bridgehead atoms. The van der Waals surface area contributed by atoms with Crippen molar-refractivity contribution in [1.29, 1.82) is 0 Å². The molecule has 4 aliphatic heterocycles. The summed E-state index contributed by atoms with van der Waals surface area (Å²) in [6.07, 6.45) is 8.28. The van der Waals surface area contributed by atoms with E-state index in [0.29, 0.717) is 17.2 Å². The van der Waals surface area contributed by atoms with Crippen LogP contribution < -0.4 is 20.1 Å². The smallest absolute Gasteiger partial charge is 0.246 e. The zero-order valence-corrected chi connectivity index (χ0v) is 23.4. The number of nitrogens with one attached hydrogen (secondary N) is 2. The first-order chi connectivity index (χ1) is 19.8. The first-order valence-corrected chi connectivity index (χ1v) is 14.6. The monoisotopic (exact) mass is 557 g/mol. The number of nitrogens with zero attached hydrogens (tertiary/aromatic N) is 1. The molecule has 5 aliphatic rings. The SMILES string of the molecule is Cc1cc(C)cc(NC(=O)C2[C@H]3C=CC4(O3)C(C(=O)NC3CCCCC3)N(Cc3ccc5c(c3)OCO5)C(=O)[C@@H]24)c1. The van der Waals surface area contributed by atoms with Gasteiger partial charge in [-0.1, -0.05) is 43.5 Å². The molecule has 2 N–H and O–H groups in total. The molecule has 1 spiro atoms.